The summed E-state index contributed by atoms with van der Waals surface area (Å²) >= 11 is 0. The fraction of sp³-hybridized carbons (Fsp3) is 0.682. The topological polar surface area (TPSA) is 23.6 Å². The zero-order valence-electron chi connectivity index (χ0n) is 16.7. The molecule has 1 fully saturated rings. The first kappa shape index (κ1) is 20.0. The van der Waals surface area contributed by atoms with Crippen LogP contribution in [0.25, 0.3) is 0 Å². The standard InChI is InChI=1S/C22H36N2O/c1-5-8-19(9-6-2)17-23-12-14-24(15-13-23)21-10-11-22(18(4)25)20(7-3)16-21/h10-11,16,19H,5-9,12-15,17H2,1-4H3. The molecule has 1 aliphatic heterocycles. The summed E-state index contributed by atoms with van der Waals surface area (Å²) < 4.78 is 0. The molecule has 0 bridgehead atoms. The third kappa shape index (κ3) is 5.57. The van der Waals surface area contributed by atoms with Crippen molar-refractivity contribution in [2.45, 2.75) is 59.8 Å². The van der Waals surface area contributed by atoms with E-state index in [1.54, 1.807) is 6.92 Å². The van der Waals surface area contributed by atoms with E-state index in [2.05, 4.69) is 42.7 Å². The zero-order valence-corrected chi connectivity index (χ0v) is 16.7. The third-order valence-electron chi connectivity index (χ3n) is 5.50. The van der Waals surface area contributed by atoms with Gasteiger partial charge < -0.3 is 4.90 Å². The molecule has 0 aromatic heterocycles. The number of hydrogen-bond acceptors (Lipinski definition) is 3. The maximum Gasteiger partial charge on any atom is 0.160 e. The molecule has 0 N–H and O–H groups in total. The monoisotopic (exact) mass is 344 g/mol. The number of piperazine rings is 1. The molecule has 0 aliphatic carbocycles. The number of carbonyl (C=O) groups excluding carboxylic acids is 1. The van der Waals surface area contributed by atoms with Gasteiger partial charge >= 0.3 is 0 Å². The lowest BCUT2D eigenvalue weighted by molar-refractivity contribution is 0.101. The van der Waals surface area contributed by atoms with E-state index in [0.717, 1.165) is 44.1 Å². The minimum absolute atomic E-state index is 0.172. The van der Waals surface area contributed by atoms with Crippen molar-refractivity contribution < 1.29 is 4.79 Å². The van der Waals surface area contributed by atoms with Crippen molar-refractivity contribution in [1.82, 2.24) is 4.90 Å². The van der Waals surface area contributed by atoms with Crippen LogP contribution < -0.4 is 4.90 Å². The Labute approximate surface area is 154 Å². The van der Waals surface area contributed by atoms with Crippen LogP contribution in [0.1, 0.15) is 69.3 Å². The second-order valence-corrected chi connectivity index (χ2v) is 7.48. The van der Waals surface area contributed by atoms with Crippen LogP contribution in [-0.2, 0) is 6.42 Å². The largest absolute Gasteiger partial charge is 0.369 e. The number of nitrogens with zero attached hydrogens (tertiary/aromatic N) is 2. The van der Waals surface area contributed by atoms with Crippen LogP contribution in [0.5, 0.6) is 0 Å². The van der Waals surface area contributed by atoms with E-state index >= 15 is 0 Å². The predicted octanol–water partition coefficient (Wildman–Crippen LogP) is 4.79. The van der Waals surface area contributed by atoms with Gasteiger partial charge in [-0.05, 0) is 55.9 Å². The highest BCUT2D eigenvalue weighted by atomic mass is 16.1. The van der Waals surface area contributed by atoms with Gasteiger partial charge in [-0.1, -0.05) is 33.6 Å². The molecular formula is C22H36N2O. The normalized spacial score (nSPS) is 15.8. The minimum Gasteiger partial charge on any atom is -0.369 e. The molecule has 0 saturated carbocycles. The van der Waals surface area contributed by atoms with Gasteiger partial charge in [0.2, 0.25) is 0 Å². The van der Waals surface area contributed by atoms with Gasteiger partial charge in [0, 0.05) is 44.0 Å². The highest BCUT2D eigenvalue weighted by molar-refractivity contribution is 5.96. The van der Waals surface area contributed by atoms with Crippen molar-refractivity contribution in [2.24, 2.45) is 5.92 Å². The van der Waals surface area contributed by atoms with Crippen LogP contribution in [0.15, 0.2) is 18.2 Å². The van der Waals surface area contributed by atoms with Crippen LogP contribution in [-0.4, -0.2) is 43.4 Å². The summed E-state index contributed by atoms with van der Waals surface area (Å²) in [4.78, 5) is 16.9. The Kier molecular flexibility index (Phi) is 7.95. The summed E-state index contributed by atoms with van der Waals surface area (Å²) in [6, 6.07) is 6.37. The number of aryl methyl sites for hydroxylation is 1. The molecule has 1 heterocycles. The molecule has 0 unspecified atom stereocenters. The number of rotatable bonds is 9. The van der Waals surface area contributed by atoms with Gasteiger partial charge in [-0.25, -0.2) is 0 Å². The van der Waals surface area contributed by atoms with E-state index < -0.39 is 0 Å². The van der Waals surface area contributed by atoms with Crippen molar-refractivity contribution in [3.8, 4) is 0 Å². The van der Waals surface area contributed by atoms with E-state index in [4.69, 9.17) is 0 Å². The van der Waals surface area contributed by atoms with Crippen LogP contribution >= 0.6 is 0 Å². The number of ketones is 1. The maximum atomic E-state index is 11.7. The lowest BCUT2D eigenvalue weighted by Gasteiger charge is -2.38. The maximum absolute atomic E-state index is 11.7. The lowest BCUT2D eigenvalue weighted by Crippen LogP contribution is -2.47. The molecular weight excluding hydrogens is 308 g/mol. The first-order valence-electron chi connectivity index (χ1n) is 10.2. The average Bonchev–Trinajstić information content (AvgIpc) is 2.62. The van der Waals surface area contributed by atoms with Gasteiger partial charge in [-0.2, -0.15) is 0 Å². The van der Waals surface area contributed by atoms with Crippen LogP contribution in [0.2, 0.25) is 0 Å². The second kappa shape index (κ2) is 9.96. The molecule has 140 valence electrons. The molecule has 3 nitrogen and oxygen atoms in total. The van der Waals surface area contributed by atoms with Gasteiger partial charge in [0.25, 0.3) is 0 Å². The molecule has 0 spiro atoms. The average molecular weight is 345 g/mol. The van der Waals surface area contributed by atoms with Crippen molar-refractivity contribution in [2.75, 3.05) is 37.6 Å². The Morgan fingerprint density at radius 1 is 1.04 bits per heavy atom. The van der Waals surface area contributed by atoms with Gasteiger partial charge in [-0.3, -0.25) is 9.69 Å². The SMILES string of the molecule is CCCC(CCC)CN1CCN(c2ccc(C(C)=O)c(CC)c2)CC1. The Bertz CT molecular complexity index is 541. The van der Waals surface area contributed by atoms with E-state index in [1.165, 1.54) is 43.5 Å². The van der Waals surface area contributed by atoms with E-state index in [1.807, 2.05) is 6.07 Å². The van der Waals surface area contributed by atoms with Crippen molar-refractivity contribution in [1.29, 1.82) is 0 Å². The Hall–Kier alpha value is -1.35. The van der Waals surface area contributed by atoms with Crippen LogP contribution in [0.4, 0.5) is 5.69 Å². The quantitative estimate of drug-likeness (QED) is 0.602. The highest BCUT2D eigenvalue weighted by Crippen LogP contribution is 2.23. The van der Waals surface area contributed by atoms with Crippen LogP contribution in [0.3, 0.4) is 0 Å². The molecule has 25 heavy (non-hydrogen) atoms. The summed E-state index contributed by atoms with van der Waals surface area (Å²) in [5.41, 5.74) is 3.34. The molecule has 1 saturated heterocycles. The summed E-state index contributed by atoms with van der Waals surface area (Å²) in [6.07, 6.45) is 6.24. The Balaban J connectivity index is 1.94. The van der Waals surface area contributed by atoms with Gasteiger partial charge in [0.05, 0.1) is 0 Å². The number of hydrogen-bond donors (Lipinski definition) is 0. The van der Waals surface area contributed by atoms with Gasteiger partial charge in [0.1, 0.15) is 0 Å². The Morgan fingerprint density at radius 3 is 2.20 bits per heavy atom. The Morgan fingerprint density at radius 2 is 1.68 bits per heavy atom. The number of carbonyl (C=O) groups is 1. The first-order chi connectivity index (χ1) is 12.1. The number of Topliss-reactive ketones (excluding diaryl/α,β-unsaturated/α-hetero) is 1. The van der Waals surface area contributed by atoms with Gasteiger partial charge in [0.15, 0.2) is 5.78 Å². The smallest absolute Gasteiger partial charge is 0.160 e. The minimum atomic E-state index is 0.172. The molecule has 2 rings (SSSR count). The summed E-state index contributed by atoms with van der Waals surface area (Å²) in [5.74, 6) is 1.04. The zero-order chi connectivity index (χ0) is 18.2. The van der Waals surface area contributed by atoms with E-state index in [-0.39, 0.29) is 5.78 Å². The molecule has 0 atom stereocenters. The molecule has 1 aliphatic rings. The predicted molar refractivity (Wildman–Crippen MR) is 108 cm³/mol. The van der Waals surface area contributed by atoms with E-state index in [9.17, 15) is 4.79 Å². The highest BCUT2D eigenvalue weighted by Gasteiger charge is 2.20. The number of benzene rings is 1. The fourth-order valence-electron chi connectivity index (χ4n) is 4.11. The molecule has 3 heteroatoms. The second-order valence-electron chi connectivity index (χ2n) is 7.48. The van der Waals surface area contributed by atoms with Crippen LogP contribution in [0, 0.1) is 5.92 Å². The van der Waals surface area contributed by atoms with Gasteiger partial charge in [-0.15, -0.1) is 0 Å². The van der Waals surface area contributed by atoms with Crippen molar-refractivity contribution in [3.05, 3.63) is 29.3 Å². The van der Waals surface area contributed by atoms with Crippen molar-refractivity contribution >= 4 is 11.5 Å². The first-order valence-corrected chi connectivity index (χ1v) is 10.2. The number of anilines is 1. The molecule has 0 radical (unpaired) electrons. The third-order valence-corrected chi connectivity index (χ3v) is 5.50. The lowest BCUT2D eigenvalue weighted by atomic mass is 9.97. The van der Waals surface area contributed by atoms with E-state index in [0.29, 0.717) is 0 Å². The fourth-order valence-corrected chi connectivity index (χ4v) is 4.11. The summed E-state index contributed by atoms with van der Waals surface area (Å²) in [5, 5.41) is 0. The summed E-state index contributed by atoms with van der Waals surface area (Å²) in [7, 11) is 0. The molecule has 1 aromatic carbocycles. The summed E-state index contributed by atoms with van der Waals surface area (Å²) in [6.45, 7) is 14.1. The molecule has 0 amide bonds. The van der Waals surface area contributed by atoms with Crippen molar-refractivity contribution in [3.63, 3.8) is 0 Å². The molecule has 1 aromatic rings.